The highest BCUT2D eigenvalue weighted by Gasteiger charge is 2.30. The number of amides is 1. The first-order chi connectivity index (χ1) is 11.1. The Kier molecular flexibility index (Phi) is 7.31. The lowest BCUT2D eigenvalue weighted by atomic mass is 10.2. The predicted molar refractivity (Wildman–Crippen MR) is 94.3 cm³/mol. The number of ether oxygens (including phenoxy) is 2. The number of hydrogen-bond acceptors (Lipinski definition) is 5. The zero-order chi connectivity index (χ0) is 18.5. The minimum absolute atomic E-state index is 0.245. The van der Waals surface area contributed by atoms with Crippen LogP contribution in [0.5, 0.6) is 5.75 Å². The average Bonchev–Trinajstić information content (AvgIpc) is 2.46. The SMILES string of the molecule is COC[C@@H](C)NC(=O)[C@H](C)N(c1ccc(OC)c(Cl)c1)S(C)(=O)=O. The number of sulfonamides is 1. The third kappa shape index (κ3) is 5.25. The van der Waals surface area contributed by atoms with Gasteiger partial charge in [0, 0.05) is 13.2 Å². The summed E-state index contributed by atoms with van der Waals surface area (Å²) < 4.78 is 35.4. The molecule has 0 aliphatic heterocycles. The van der Waals surface area contributed by atoms with Gasteiger partial charge in [-0.1, -0.05) is 11.6 Å². The molecule has 0 saturated carbocycles. The Hall–Kier alpha value is -1.51. The van der Waals surface area contributed by atoms with Crippen molar-refractivity contribution in [2.45, 2.75) is 25.9 Å². The number of rotatable bonds is 8. The van der Waals surface area contributed by atoms with Crippen LogP contribution in [0.2, 0.25) is 5.02 Å². The zero-order valence-electron chi connectivity index (χ0n) is 14.4. The Balaban J connectivity index is 3.14. The number of nitrogens with one attached hydrogen (secondary N) is 1. The summed E-state index contributed by atoms with van der Waals surface area (Å²) in [5.74, 6) is -0.0170. The highest BCUT2D eigenvalue weighted by atomic mass is 35.5. The molecule has 1 aromatic carbocycles. The van der Waals surface area contributed by atoms with Gasteiger partial charge in [-0.05, 0) is 32.0 Å². The molecule has 2 atom stereocenters. The van der Waals surface area contributed by atoms with Crippen LogP contribution in [0.4, 0.5) is 5.69 Å². The summed E-state index contributed by atoms with van der Waals surface area (Å²) in [6.07, 6.45) is 1.04. The van der Waals surface area contributed by atoms with Gasteiger partial charge in [0.2, 0.25) is 15.9 Å². The van der Waals surface area contributed by atoms with E-state index in [1.54, 1.807) is 13.0 Å². The second kappa shape index (κ2) is 8.55. The molecule has 136 valence electrons. The lowest BCUT2D eigenvalue weighted by molar-refractivity contribution is -0.122. The van der Waals surface area contributed by atoms with Crippen molar-refractivity contribution in [3.8, 4) is 5.75 Å². The van der Waals surface area contributed by atoms with Crippen LogP contribution in [0.25, 0.3) is 0 Å². The van der Waals surface area contributed by atoms with E-state index in [4.69, 9.17) is 21.1 Å². The molecule has 24 heavy (non-hydrogen) atoms. The standard InChI is InChI=1S/C15H23ClN2O5S/c1-10(9-22-3)17-15(19)11(2)18(24(5,20)21)12-6-7-14(23-4)13(16)8-12/h6-8,10-11H,9H2,1-5H3,(H,17,19)/t10-,11+/m1/s1. The van der Waals surface area contributed by atoms with Gasteiger partial charge in [-0.3, -0.25) is 9.10 Å². The molecule has 1 amide bonds. The molecule has 1 N–H and O–H groups in total. The van der Waals surface area contributed by atoms with E-state index in [0.29, 0.717) is 12.4 Å². The maximum absolute atomic E-state index is 12.4. The van der Waals surface area contributed by atoms with Gasteiger partial charge in [-0.2, -0.15) is 0 Å². The van der Waals surface area contributed by atoms with E-state index in [2.05, 4.69) is 5.32 Å². The molecule has 0 heterocycles. The highest BCUT2D eigenvalue weighted by molar-refractivity contribution is 7.92. The van der Waals surface area contributed by atoms with Crippen LogP contribution in [-0.2, 0) is 19.6 Å². The minimum Gasteiger partial charge on any atom is -0.495 e. The van der Waals surface area contributed by atoms with Gasteiger partial charge < -0.3 is 14.8 Å². The molecule has 1 aromatic rings. The molecular formula is C15H23ClN2O5S. The number of carbonyl (C=O) groups is 1. The smallest absolute Gasteiger partial charge is 0.243 e. The quantitative estimate of drug-likeness (QED) is 0.743. The van der Waals surface area contributed by atoms with Gasteiger partial charge in [0.05, 0.1) is 30.7 Å². The maximum Gasteiger partial charge on any atom is 0.243 e. The fourth-order valence-corrected chi connectivity index (χ4v) is 3.67. The van der Waals surface area contributed by atoms with Crippen molar-refractivity contribution in [3.63, 3.8) is 0 Å². The van der Waals surface area contributed by atoms with Crippen LogP contribution in [0.3, 0.4) is 0 Å². The average molecular weight is 379 g/mol. The number of nitrogens with zero attached hydrogens (tertiary/aromatic N) is 1. The number of benzene rings is 1. The Morgan fingerprint density at radius 1 is 1.33 bits per heavy atom. The number of halogens is 1. The van der Waals surface area contributed by atoms with Gasteiger partial charge in [-0.15, -0.1) is 0 Å². The molecule has 0 bridgehead atoms. The van der Waals surface area contributed by atoms with E-state index >= 15 is 0 Å². The molecule has 9 heteroatoms. The lowest BCUT2D eigenvalue weighted by Crippen LogP contribution is -2.50. The first kappa shape index (κ1) is 20.5. The lowest BCUT2D eigenvalue weighted by Gasteiger charge is -2.29. The van der Waals surface area contributed by atoms with Crippen LogP contribution in [0.1, 0.15) is 13.8 Å². The highest BCUT2D eigenvalue weighted by Crippen LogP contribution is 2.31. The summed E-state index contributed by atoms with van der Waals surface area (Å²) in [4.78, 5) is 12.4. The van der Waals surface area contributed by atoms with Gasteiger partial charge in [0.25, 0.3) is 0 Å². The van der Waals surface area contributed by atoms with Gasteiger partial charge in [0.15, 0.2) is 0 Å². The van der Waals surface area contributed by atoms with Gasteiger partial charge >= 0.3 is 0 Å². The number of methoxy groups -OCH3 is 2. The van der Waals surface area contributed by atoms with Gasteiger partial charge in [-0.25, -0.2) is 8.42 Å². The van der Waals surface area contributed by atoms with Crippen molar-refractivity contribution in [3.05, 3.63) is 23.2 Å². The molecule has 0 aromatic heterocycles. The molecule has 0 aliphatic carbocycles. The van der Waals surface area contributed by atoms with Crippen molar-refractivity contribution in [2.75, 3.05) is 31.4 Å². The van der Waals surface area contributed by atoms with Gasteiger partial charge in [0.1, 0.15) is 11.8 Å². The summed E-state index contributed by atoms with van der Waals surface area (Å²) in [7, 11) is -0.722. The molecule has 0 fully saturated rings. The van der Waals surface area contributed by atoms with Crippen LogP contribution in [-0.4, -0.2) is 53.5 Å². The summed E-state index contributed by atoms with van der Waals surface area (Å²) in [5.41, 5.74) is 0.283. The Labute approximate surface area is 147 Å². The van der Waals surface area contributed by atoms with Crippen molar-refractivity contribution in [1.82, 2.24) is 5.32 Å². The van der Waals surface area contributed by atoms with E-state index in [-0.39, 0.29) is 16.8 Å². The van der Waals surface area contributed by atoms with Crippen LogP contribution < -0.4 is 14.4 Å². The number of anilines is 1. The summed E-state index contributed by atoms with van der Waals surface area (Å²) in [6, 6.07) is 3.33. The van der Waals surface area contributed by atoms with Crippen molar-refractivity contribution in [1.29, 1.82) is 0 Å². The first-order valence-electron chi connectivity index (χ1n) is 7.24. The molecule has 0 aliphatic rings. The number of carbonyl (C=O) groups excluding carboxylic acids is 1. The van der Waals surface area contributed by atoms with E-state index in [9.17, 15) is 13.2 Å². The summed E-state index contributed by atoms with van der Waals surface area (Å²) in [5, 5.41) is 2.97. The van der Waals surface area contributed by atoms with E-state index in [1.807, 2.05) is 0 Å². The Morgan fingerprint density at radius 2 is 1.96 bits per heavy atom. The Morgan fingerprint density at radius 3 is 2.42 bits per heavy atom. The topological polar surface area (TPSA) is 84.9 Å². The normalized spacial score (nSPS) is 13.9. The number of hydrogen-bond donors (Lipinski definition) is 1. The Bertz CT molecular complexity index is 680. The fourth-order valence-electron chi connectivity index (χ4n) is 2.26. The third-order valence-electron chi connectivity index (χ3n) is 3.28. The molecule has 7 nitrogen and oxygen atoms in total. The third-order valence-corrected chi connectivity index (χ3v) is 4.82. The fraction of sp³-hybridized carbons (Fsp3) is 0.533. The molecule has 0 spiro atoms. The van der Waals surface area contributed by atoms with Crippen LogP contribution >= 0.6 is 11.6 Å². The van der Waals surface area contributed by atoms with Crippen LogP contribution in [0, 0.1) is 0 Å². The molecule has 0 radical (unpaired) electrons. The monoisotopic (exact) mass is 378 g/mol. The molecular weight excluding hydrogens is 356 g/mol. The van der Waals surface area contributed by atoms with E-state index < -0.39 is 22.0 Å². The summed E-state index contributed by atoms with van der Waals surface area (Å²) in [6.45, 7) is 3.60. The van der Waals surface area contributed by atoms with Crippen LogP contribution in [0.15, 0.2) is 18.2 Å². The van der Waals surface area contributed by atoms with Crippen molar-refractivity contribution < 1.29 is 22.7 Å². The summed E-state index contributed by atoms with van der Waals surface area (Å²) >= 11 is 6.07. The molecule has 0 unspecified atom stereocenters. The minimum atomic E-state index is -3.70. The van der Waals surface area contributed by atoms with Crippen molar-refractivity contribution in [2.24, 2.45) is 0 Å². The molecule has 1 rings (SSSR count). The second-order valence-electron chi connectivity index (χ2n) is 5.42. The predicted octanol–water partition coefficient (Wildman–Crippen LogP) is 1.65. The zero-order valence-corrected chi connectivity index (χ0v) is 15.9. The molecule has 0 saturated heterocycles. The van der Waals surface area contributed by atoms with E-state index in [1.165, 1.54) is 33.3 Å². The van der Waals surface area contributed by atoms with Crippen molar-refractivity contribution >= 4 is 33.2 Å². The largest absolute Gasteiger partial charge is 0.495 e. The maximum atomic E-state index is 12.4. The first-order valence-corrected chi connectivity index (χ1v) is 9.46. The van der Waals surface area contributed by atoms with E-state index in [0.717, 1.165) is 10.6 Å². The second-order valence-corrected chi connectivity index (χ2v) is 7.69.